The second-order valence-corrected chi connectivity index (χ2v) is 11.1. The van der Waals surface area contributed by atoms with Crippen LogP contribution < -0.4 is 10.1 Å². The third-order valence-corrected chi connectivity index (χ3v) is 6.81. The van der Waals surface area contributed by atoms with Gasteiger partial charge in [0.2, 0.25) is 0 Å². The number of benzene rings is 2. The number of methoxy groups -OCH3 is 1. The Morgan fingerprint density at radius 3 is 2.42 bits per heavy atom. The van der Waals surface area contributed by atoms with Crippen LogP contribution in [0.4, 0.5) is 10.5 Å². The van der Waals surface area contributed by atoms with Gasteiger partial charge >= 0.3 is 6.09 Å². The highest BCUT2D eigenvalue weighted by Gasteiger charge is 2.32. The van der Waals surface area contributed by atoms with Gasteiger partial charge < -0.3 is 19.7 Å². The fourth-order valence-corrected chi connectivity index (χ4v) is 4.96. The van der Waals surface area contributed by atoms with Crippen LogP contribution in [0.5, 0.6) is 5.75 Å². The molecule has 0 unspecified atom stereocenters. The SMILES string of the molecule is COc1ccc(Cl)cc1NC(=O)c1cnn(-c2ccc(C)cc2C)c1C1CCN(C(=O)OC(C)(C)C)CC1. The number of anilines is 1. The number of ether oxygens (including phenoxy) is 2. The molecule has 202 valence electrons. The largest absolute Gasteiger partial charge is 0.495 e. The molecule has 0 spiro atoms. The summed E-state index contributed by atoms with van der Waals surface area (Å²) >= 11 is 6.18. The fraction of sp³-hybridized carbons (Fsp3) is 0.414. The van der Waals surface area contributed by atoms with Gasteiger partial charge in [-0.05, 0) is 77.3 Å². The lowest BCUT2D eigenvalue weighted by molar-refractivity contribution is 0.0203. The van der Waals surface area contributed by atoms with Crippen molar-refractivity contribution in [3.63, 3.8) is 0 Å². The lowest BCUT2D eigenvalue weighted by Crippen LogP contribution is -2.41. The first-order valence-corrected chi connectivity index (χ1v) is 13.1. The van der Waals surface area contributed by atoms with Gasteiger partial charge in [0.25, 0.3) is 5.91 Å². The maximum atomic E-state index is 13.6. The monoisotopic (exact) mass is 538 g/mol. The number of hydrogen-bond donors (Lipinski definition) is 1. The van der Waals surface area contributed by atoms with E-state index in [2.05, 4.69) is 16.5 Å². The van der Waals surface area contributed by atoms with Crippen molar-refractivity contribution in [3.05, 3.63) is 70.0 Å². The molecule has 9 heteroatoms. The van der Waals surface area contributed by atoms with Gasteiger partial charge in [-0.15, -0.1) is 0 Å². The quantitative estimate of drug-likeness (QED) is 0.400. The van der Waals surface area contributed by atoms with Gasteiger partial charge in [-0.25, -0.2) is 9.48 Å². The van der Waals surface area contributed by atoms with Crippen molar-refractivity contribution in [3.8, 4) is 11.4 Å². The molecule has 1 N–H and O–H groups in total. The average molecular weight is 539 g/mol. The number of nitrogens with one attached hydrogen (secondary N) is 1. The van der Waals surface area contributed by atoms with E-state index in [0.29, 0.717) is 48.0 Å². The topological polar surface area (TPSA) is 85.7 Å². The van der Waals surface area contributed by atoms with Crippen LogP contribution in [0.15, 0.2) is 42.6 Å². The highest BCUT2D eigenvalue weighted by Crippen LogP contribution is 2.35. The van der Waals surface area contributed by atoms with E-state index >= 15 is 0 Å². The molecule has 0 aliphatic carbocycles. The van der Waals surface area contributed by atoms with E-state index in [1.54, 1.807) is 36.4 Å². The minimum absolute atomic E-state index is 0.0129. The first kappa shape index (κ1) is 27.5. The zero-order chi connectivity index (χ0) is 27.6. The van der Waals surface area contributed by atoms with Gasteiger partial charge in [0.1, 0.15) is 11.4 Å². The summed E-state index contributed by atoms with van der Waals surface area (Å²) in [4.78, 5) is 28.0. The average Bonchev–Trinajstić information content (AvgIpc) is 3.28. The van der Waals surface area contributed by atoms with Crippen LogP contribution in [0.1, 0.15) is 66.7 Å². The van der Waals surface area contributed by atoms with Gasteiger partial charge in [-0.3, -0.25) is 4.79 Å². The summed E-state index contributed by atoms with van der Waals surface area (Å²) in [6.45, 7) is 10.7. The van der Waals surface area contributed by atoms with Crippen LogP contribution in [-0.4, -0.2) is 52.5 Å². The molecule has 1 fully saturated rings. The zero-order valence-corrected chi connectivity index (χ0v) is 23.6. The van der Waals surface area contributed by atoms with E-state index in [9.17, 15) is 9.59 Å². The zero-order valence-electron chi connectivity index (χ0n) is 22.8. The predicted molar refractivity (Wildman–Crippen MR) is 149 cm³/mol. The molecule has 3 aromatic rings. The summed E-state index contributed by atoms with van der Waals surface area (Å²) in [5.41, 5.74) is 4.35. The van der Waals surface area contributed by atoms with Gasteiger partial charge in [0.15, 0.2) is 0 Å². The highest BCUT2D eigenvalue weighted by atomic mass is 35.5. The Labute approximate surface area is 228 Å². The Hall–Kier alpha value is -3.52. The van der Waals surface area contributed by atoms with Crippen molar-refractivity contribution in [2.45, 2.75) is 59.0 Å². The number of aromatic nitrogens is 2. The Morgan fingerprint density at radius 2 is 1.79 bits per heavy atom. The Morgan fingerprint density at radius 1 is 1.08 bits per heavy atom. The van der Waals surface area contributed by atoms with Crippen LogP contribution in [-0.2, 0) is 4.74 Å². The summed E-state index contributed by atoms with van der Waals surface area (Å²) in [7, 11) is 1.54. The van der Waals surface area contributed by atoms with Crippen LogP contribution in [0.2, 0.25) is 5.02 Å². The number of carbonyl (C=O) groups is 2. The molecule has 1 saturated heterocycles. The van der Waals surface area contributed by atoms with E-state index in [0.717, 1.165) is 22.5 Å². The number of carbonyl (C=O) groups excluding carboxylic acids is 2. The number of rotatable bonds is 5. The van der Waals surface area contributed by atoms with E-state index in [-0.39, 0.29) is 17.9 Å². The number of nitrogens with zero attached hydrogens (tertiary/aromatic N) is 3. The van der Waals surface area contributed by atoms with Crippen LogP contribution in [0.25, 0.3) is 5.69 Å². The predicted octanol–water partition coefficient (Wildman–Crippen LogP) is 6.52. The molecule has 38 heavy (non-hydrogen) atoms. The summed E-state index contributed by atoms with van der Waals surface area (Å²) in [6, 6.07) is 11.2. The minimum Gasteiger partial charge on any atom is -0.495 e. The van der Waals surface area contributed by atoms with Gasteiger partial charge in [0.05, 0.1) is 35.9 Å². The number of halogens is 1. The maximum absolute atomic E-state index is 13.6. The normalized spacial score (nSPS) is 14.3. The summed E-state index contributed by atoms with van der Waals surface area (Å²) in [6.07, 6.45) is 2.65. The van der Waals surface area contributed by atoms with E-state index in [1.807, 2.05) is 51.4 Å². The molecule has 1 aliphatic rings. The van der Waals surface area contributed by atoms with Crippen molar-refractivity contribution < 1.29 is 19.1 Å². The van der Waals surface area contributed by atoms with Crippen molar-refractivity contribution >= 4 is 29.3 Å². The second-order valence-electron chi connectivity index (χ2n) is 10.7. The highest BCUT2D eigenvalue weighted by molar-refractivity contribution is 6.31. The number of piperidine rings is 1. The number of hydrogen-bond acceptors (Lipinski definition) is 5. The third-order valence-electron chi connectivity index (χ3n) is 6.57. The van der Waals surface area contributed by atoms with Crippen LogP contribution in [0.3, 0.4) is 0 Å². The second kappa shape index (κ2) is 11.1. The molecule has 4 rings (SSSR count). The van der Waals surface area contributed by atoms with Crippen LogP contribution in [0, 0.1) is 13.8 Å². The first-order chi connectivity index (χ1) is 18.0. The molecule has 0 radical (unpaired) electrons. The van der Waals surface area contributed by atoms with Gasteiger partial charge in [-0.1, -0.05) is 29.3 Å². The number of aryl methyl sites for hydroxylation is 2. The summed E-state index contributed by atoms with van der Waals surface area (Å²) < 4.78 is 12.8. The van der Waals surface area contributed by atoms with E-state index in [1.165, 1.54) is 0 Å². The number of amides is 2. The fourth-order valence-electron chi connectivity index (χ4n) is 4.79. The molecule has 1 aromatic heterocycles. The first-order valence-electron chi connectivity index (χ1n) is 12.7. The van der Waals surface area contributed by atoms with Crippen molar-refractivity contribution in [1.29, 1.82) is 0 Å². The Bertz CT molecular complexity index is 1340. The molecule has 8 nitrogen and oxygen atoms in total. The van der Waals surface area contributed by atoms with E-state index in [4.69, 9.17) is 21.1 Å². The Balaban J connectivity index is 1.67. The molecule has 0 bridgehead atoms. The van der Waals surface area contributed by atoms with Gasteiger partial charge in [-0.2, -0.15) is 5.10 Å². The third kappa shape index (κ3) is 6.13. The lowest BCUT2D eigenvalue weighted by atomic mass is 9.90. The molecule has 0 saturated carbocycles. The summed E-state index contributed by atoms with van der Waals surface area (Å²) in [5, 5.41) is 8.11. The minimum atomic E-state index is -0.553. The molecule has 2 amide bonds. The van der Waals surface area contributed by atoms with Crippen molar-refractivity contribution in [1.82, 2.24) is 14.7 Å². The molecule has 0 atom stereocenters. The van der Waals surface area contributed by atoms with Crippen LogP contribution >= 0.6 is 11.6 Å². The summed E-state index contributed by atoms with van der Waals surface area (Å²) in [5.74, 6) is 0.224. The van der Waals surface area contributed by atoms with E-state index < -0.39 is 5.60 Å². The molecular formula is C29H35ClN4O4. The Kier molecular flexibility index (Phi) is 8.02. The van der Waals surface area contributed by atoms with Gasteiger partial charge in [0, 0.05) is 24.0 Å². The number of likely N-dealkylation sites (tertiary alicyclic amines) is 1. The standard InChI is InChI=1S/C29H35ClN4O4/c1-18-7-9-24(19(2)15-18)34-26(20-11-13-33(14-12-20)28(36)38-29(3,4)5)22(17-31-34)27(35)32-23-16-21(30)8-10-25(23)37-6/h7-10,15-17,20H,11-14H2,1-6H3,(H,32,35). The molecule has 2 aromatic carbocycles. The molecule has 1 aliphatic heterocycles. The molecule has 2 heterocycles. The maximum Gasteiger partial charge on any atom is 0.410 e. The smallest absolute Gasteiger partial charge is 0.410 e. The molecular weight excluding hydrogens is 504 g/mol. The van der Waals surface area contributed by atoms with Crippen molar-refractivity contribution in [2.24, 2.45) is 0 Å². The van der Waals surface area contributed by atoms with Crippen molar-refractivity contribution in [2.75, 3.05) is 25.5 Å². The lowest BCUT2D eigenvalue weighted by Gasteiger charge is -2.34.